The van der Waals surface area contributed by atoms with Gasteiger partial charge in [0.15, 0.2) is 0 Å². The highest BCUT2D eigenvalue weighted by molar-refractivity contribution is 6.33. The van der Waals surface area contributed by atoms with Crippen molar-refractivity contribution in [1.82, 2.24) is 24.6 Å². The van der Waals surface area contributed by atoms with Crippen molar-refractivity contribution in [3.8, 4) is 5.69 Å². The minimum atomic E-state index is -0.411. The molecule has 0 saturated heterocycles. The Balaban J connectivity index is 1.47. The molecule has 0 saturated carbocycles. The maximum atomic E-state index is 14.4. The van der Waals surface area contributed by atoms with Crippen LogP contribution in [-0.4, -0.2) is 25.2 Å². The minimum Gasteiger partial charge on any atom is -0.348 e. The topological polar surface area (TPSA) is 64.7 Å². The first-order valence-corrected chi connectivity index (χ1v) is 10.2. The van der Waals surface area contributed by atoms with E-state index in [1.54, 1.807) is 42.1 Å². The Morgan fingerprint density at radius 2 is 2.00 bits per heavy atom. The predicted molar refractivity (Wildman–Crippen MR) is 117 cm³/mol. The molecule has 31 heavy (non-hydrogen) atoms. The predicted octanol–water partition coefficient (Wildman–Crippen LogP) is 4.80. The number of amides is 1. The fraction of sp³-hybridized carbons (Fsp3) is 0.136. The van der Waals surface area contributed by atoms with E-state index in [-0.39, 0.29) is 23.2 Å². The van der Waals surface area contributed by atoms with Crippen LogP contribution in [0.15, 0.2) is 61.2 Å². The quantitative estimate of drug-likeness (QED) is 0.452. The maximum Gasteiger partial charge on any atom is 0.256 e. The molecule has 158 valence electrons. The summed E-state index contributed by atoms with van der Waals surface area (Å²) in [5.74, 6) is -0.793. The maximum absolute atomic E-state index is 14.4. The van der Waals surface area contributed by atoms with Gasteiger partial charge in [0.25, 0.3) is 5.91 Å². The first kappa shape index (κ1) is 21.1. The van der Waals surface area contributed by atoms with Gasteiger partial charge in [0.2, 0.25) is 0 Å². The Labute approximate surface area is 188 Å². The van der Waals surface area contributed by atoms with Crippen LogP contribution in [-0.2, 0) is 13.1 Å². The number of nitrogens with one attached hydrogen (secondary N) is 1. The Morgan fingerprint density at radius 1 is 1.19 bits per heavy atom. The number of carbonyl (C=O) groups is 1. The molecule has 1 N–H and O–H groups in total. The van der Waals surface area contributed by atoms with E-state index in [4.69, 9.17) is 23.2 Å². The van der Waals surface area contributed by atoms with Gasteiger partial charge in [-0.05, 0) is 36.2 Å². The van der Waals surface area contributed by atoms with E-state index in [2.05, 4.69) is 15.4 Å². The van der Waals surface area contributed by atoms with Crippen LogP contribution in [0.4, 0.5) is 4.39 Å². The molecule has 0 fully saturated rings. The van der Waals surface area contributed by atoms with Crippen LogP contribution < -0.4 is 5.32 Å². The van der Waals surface area contributed by atoms with Crippen LogP contribution in [0.5, 0.6) is 0 Å². The van der Waals surface area contributed by atoms with Crippen LogP contribution in [0.2, 0.25) is 10.2 Å². The van der Waals surface area contributed by atoms with E-state index < -0.39 is 5.82 Å². The smallest absolute Gasteiger partial charge is 0.256 e. The van der Waals surface area contributed by atoms with Crippen molar-refractivity contribution in [1.29, 1.82) is 0 Å². The third-order valence-corrected chi connectivity index (χ3v) is 5.57. The SMILES string of the molecule is Cc1nn(Cc2ccccc2Cl)c(Cl)c1C(=O)NCc1ccc(-n2ccnc2)c(F)c1. The van der Waals surface area contributed by atoms with Gasteiger partial charge in [0, 0.05) is 24.0 Å². The lowest BCUT2D eigenvalue weighted by Gasteiger charge is -2.09. The Bertz CT molecular complexity index is 1240. The highest BCUT2D eigenvalue weighted by Gasteiger charge is 2.21. The molecule has 2 aromatic carbocycles. The fourth-order valence-electron chi connectivity index (χ4n) is 3.25. The molecule has 0 radical (unpaired) electrons. The number of carbonyl (C=O) groups excluding carboxylic acids is 1. The molecule has 6 nitrogen and oxygen atoms in total. The van der Waals surface area contributed by atoms with Crippen molar-refractivity contribution in [2.45, 2.75) is 20.0 Å². The summed E-state index contributed by atoms with van der Waals surface area (Å²) in [7, 11) is 0. The molecule has 9 heteroatoms. The summed E-state index contributed by atoms with van der Waals surface area (Å²) in [6.07, 6.45) is 4.75. The molecule has 2 aromatic heterocycles. The van der Waals surface area contributed by atoms with Crippen LogP contribution in [0.1, 0.15) is 27.2 Å². The molecular formula is C22H18Cl2FN5O. The van der Waals surface area contributed by atoms with E-state index in [0.29, 0.717) is 28.5 Å². The van der Waals surface area contributed by atoms with Gasteiger partial charge >= 0.3 is 0 Å². The highest BCUT2D eigenvalue weighted by Crippen LogP contribution is 2.23. The fourth-order valence-corrected chi connectivity index (χ4v) is 3.76. The summed E-state index contributed by atoms with van der Waals surface area (Å²) in [6, 6.07) is 12.1. The van der Waals surface area contributed by atoms with Crippen molar-refractivity contribution in [2.24, 2.45) is 0 Å². The molecule has 0 spiro atoms. The second kappa shape index (κ2) is 8.91. The van der Waals surface area contributed by atoms with Crippen LogP contribution in [0, 0.1) is 12.7 Å². The van der Waals surface area contributed by atoms with Gasteiger partial charge in [-0.25, -0.2) is 14.1 Å². The Kier molecular flexibility index (Phi) is 6.06. The number of nitrogens with zero attached hydrogens (tertiary/aromatic N) is 4. The normalized spacial score (nSPS) is 11.0. The van der Waals surface area contributed by atoms with Crippen LogP contribution in [0.25, 0.3) is 5.69 Å². The summed E-state index contributed by atoms with van der Waals surface area (Å²) < 4.78 is 17.5. The second-order valence-corrected chi connectivity index (χ2v) is 7.70. The average molecular weight is 458 g/mol. The largest absolute Gasteiger partial charge is 0.348 e. The molecule has 0 aliphatic carbocycles. The highest BCUT2D eigenvalue weighted by atomic mass is 35.5. The average Bonchev–Trinajstić information content (AvgIpc) is 3.36. The lowest BCUT2D eigenvalue weighted by molar-refractivity contribution is 0.0950. The summed E-state index contributed by atoms with van der Waals surface area (Å²) in [6.45, 7) is 2.20. The van der Waals surface area contributed by atoms with Crippen molar-refractivity contribution in [3.05, 3.63) is 99.6 Å². The minimum absolute atomic E-state index is 0.144. The molecule has 0 atom stereocenters. The lowest BCUT2D eigenvalue weighted by atomic mass is 10.2. The van der Waals surface area contributed by atoms with E-state index in [1.165, 1.54) is 17.1 Å². The van der Waals surface area contributed by atoms with Gasteiger partial charge in [0.1, 0.15) is 11.0 Å². The van der Waals surface area contributed by atoms with Gasteiger partial charge in [-0.15, -0.1) is 0 Å². The van der Waals surface area contributed by atoms with E-state index in [9.17, 15) is 9.18 Å². The second-order valence-electron chi connectivity index (χ2n) is 6.94. The Hall–Kier alpha value is -3.16. The number of hydrogen-bond donors (Lipinski definition) is 1. The Morgan fingerprint density at radius 3 is 2.71 bits per heavy atom. The molecular weight excluding hydrogens is 440 g/mol. The first-order valence-electron chi connectivity index (χ1n) is 9.45. The molecule has 0 aliphatic rings. The number of halogens is 3. The summed E-state index contributed by atoms with van der Waals surface area (Å²) in [4.78, 5) is 16.7. The molecule has 4 rings (SSSR count). The number of aryl methyl sites for hydroxylation is 1. The summed E-state index contributed by atoms with van der Waals surface area (Å²) in [5, 5.41) is 7.97. The molecule has 4 aromatic rings. The van der Waals surface area contributed by atoms with Gasteiger partial charge in [-0.2, -0.15) is 5.10 Å². The van der Waals surface area contributed by atoms with Crippen LogP contribution >= 0.6 is 23.2 Å². The van der Waals surface area contributed by atoms with Crippen molar-refractivity contribution in [3.63, 3.8) is 0 Å². The number of rotatable bonds is 6. The number of hydrogen-bond acceptors (Lipinski definition) is 3. The van der Waals surface area contributed by atoms with Crippen molar-refractivity contribution >= 4 is 29.1 Å². The lowest BCUT2D eigenvalue weighted by Crippen LogP contribution is -2.23. The number of benzene rings is 2. The summed E-state index contributed by atoms with van der Waals surface area (Å²) >= 11 is 12.6. The molecule has 1 amide bonds. The third kappa shape index (κ3) is 4.47. The zero-order valence-electron chi connectivity index (χ0n) is 16.5. The van der Waals surface area contributed by atoms with Gasteiger partial charge in [0.05, 0.1) is 29.8 Å². The molecule has 0 bridgehead atoms. The van der Waals surface area contributed by atoms with E-state index in [1.807, 2.05) is 18.2 Å². The van der Waals surface area contributed by atoms with E-state index >= 15 is 0 Å². The molecule has 2 heterocycles. The molecule has 0 unspecified atom stereocenters. The zero-order chi connectivity index (χ0) is 22.0. The standard InChI is InChI=1S/C22H18Cl2FN5O/c1-14-20(21(24)30(28-14)12-16-4-2-3-5-17(16)23)22(31)27-11-15-6-7-19(18(25)10-15)29-9-8-26-13-29/h2-10,13H,11-12H2,1H3,(H,27,31). The number of imidazole rings is 1. The van der Waals surface area contributed by atoms with Gasteiger partial charge in [-0.3, -0.25) is 4.79 Å². The van der Waals surface area contributed by atoms with Crippen molar-refractivity contribution < 1.29 is 9.18 Å². The monoisotopic (exact) mass is 457 g/mol. The third-order valence-electron chi connectivity index (χ3n) is 4.82. The first-order chi connectivity index (χ1) is 14.9. The van der Waals surface area contributed by atoms with Gasteiger partial charge in [-0.1, -0.05) is 47.5 Å². The van der Waals surface area contributed by atoms with Crippen molar-refractivity contribution in [2.75, 3.05) is 0 Å². The van der Waals surface area contributed by atoms with Crippen LogP contribution in [0.3, 0.4) is 0 Å². The van der Waals surface area contributed by atoms with Gasteiger partial charge < -0.3 is 9.88 Å². The number of aromatic nitrogens is 4. The van der Waals surface area contributed by atoms with E-state index in [0.717, 1.165) is 5.56 Å². The summed E-state index contributed by atoms with van der Waals surface area (Å²) in [5.41, 5.74) is 2.62. The zero-order valence-corrected chi connectivity index (χ0v) is 18.0. The molecule has 0 aliphatic heterocycles.